The number of carbonyl (C=O) groups excluding carboxylic acids is 2. The second-order valence-corrected chi connectivity index (χ2v) is 10.8. The quantitative estimate of drug-likeness (QED) is 0.481. The molecule has 36 heavy (non-hydrogen) atoms. The number of nitrogens with zero attached hydrogens (tertiary/aromatic N) is 2. The molecule has 2 aliphatic rings. The van der Waals surface area contributed by atoms with Crippen LogP contribution in [0.1, 0.15) is 58.4 Å². The Morgan fingerprint density at radius 2 is 1.81 bits per heavy atom. The molecule has 1 fully saturated rings. The van der Waals surface area contributed by atoms with Gasteiger partial charge in [-0.25, -0.2) is 4.79 Å². The molecule has 2 heterocycles. The first-order valence-electron chi connectivity index (χ1n) is 12.9. The second kappa shape index (κ2) is 11.2. The molecule has 2 aromatic rings. The Balaban J connectivity index is 1.22. The van der Waals surface area contributed by atoms with Gasteiger partial charge in [-0.3, -0.25) is 9.69 Å². The number of likely N-dealkylation sites (tertiary alicyclic amines) is 1. The fourth-order valence-corrected chi connectivity index (χ4v) is 4.75. The normalized spacial score (nSPS) is 18.9. The van der Waals surface area contributed by atoms with Crippen LogP contribution in [-0.4, -0.2) is 49.2 Å². The predicted molar refractivity (Wildman–Crippen MR) is 140 cm³/mol. The molecule has 2 amide bonds. The molecular weight excluding hydrogens is 456 g/mol. The summed E-state index contributed by atoms with van der Waals surface area (Å²) < 4.78 is 16.9. The highest BCUT2D eigenvalue weighted by atomic mass is 16.6. The molecule has 1 aromatic carbocycles. The average Bonchev–Trinajstić information content (AvgIpc) is 3.41. The fraction of sp³-hybridized carbons (Fsp3) is 0.517. The lowest BCUT2D eigenvalue weighted by Gasteiger charge is -2.33. The van der Waals surface area contributed by atoms with E-state index in [2.05, 4.69) is 18.2 Å². The van der Waals surface area contributed by atoms with Crippen LogP contribution in [0.25, 0.3) is 5.57 Å². The van der Waals surface area contributed by atoms with Gasteiger partial charge in [-0.2, -0.15) is 0 Å². The molecule has 0 spiro atoms. The van der Waals surface area contributed by atoms with E-state index in [1.165, 1.54) is 11.1 Å². The van der Waals surface area contributed by atoms with Crippen LogP contribution in [0.3, 0.4) is 0 Å². The monoisotopic (exact) mass is 494 g/mol. The third kappa shape index (κ3) is 6.71. The molecule has 194 valence electrons. The third-order valence-corrected chi connectivity index (χ3v) is 6.90. The van der Waals surface area contributed by atoms with Crippen molar-refractivity contribution in [2.24, 2.45) is 11.8 Å². The van der Waals surface area contributed by atoms with Crippen molar-refractivity contribution in [3.8, 4) is 5.75 Å². The van der Waals surface area contributed by atoms with Crippen LogP contribution in [-0.2, 0) is 9.53 Å². The topological polar surface area (TPSA) is 72.2 Å². The zero-order chi connectivity index (χ0) is 25.7. The first-order chi connectivity index (χ1) is 17.2. The standard InChI is InChI=1S/C29H38N2O5/c1-29(2,3)36-28(33)31-17-15-21(16-18-31)20-35-25-13-11-23(12-14-25)22-7-9-24(10-8-22)27(32)30(4)26-6-5-19-34-26/h5-7,11-14,19,21,24H,8-10,15-18,20H2,1-4H3. The molecule has 7 nitrogen and oxygen atoms in total. The molecule has 7 heteroatoms. The van der Waals surface area contributed by atoms with Gasteiger partial charge in [0.2, 0.25) is 11.8 Å². The maximum atomic E-state index is 12.8. The number of benzene rings is 1. The van der Waals surface area contributed by atoms with Crippen molar-refractivity contribution in [3.05, 3.63) is 54.3 Å². The van der Waals surface area contributed by atoms with Crippen LogP contribution in [0.5, 0.6) is 5.75 Å². The number of allylic oxidation sites excluding steroid dienone is 2. The Kier molecular flexibility index (Phi) is 8.07. The summed E-state index contributed by atoms with van der Waals surface area (Å²) in [4.78, 5) is 28.4. The average molecular weight is 495 g/mol. The lowest BCUT2D eigenvalue weighted by Crippen LogP contribution is -2.42. The highest BCUT2D eigenvalue weighted by molar-refractivity contribution is 5.94. The van der Waals surface area contributed by atoms with Gasteiger partial charge in [-0.1, -0.05) is 18.2 Å². The van der Waals surface area contributed by atoms with E-state index in [1.54, 1.807) is 35.2 Å². The zero-order valence-electron chi connectivity index (χ0n) is 21.9. The van der Waals surface area contributed by atoms with Crippen molar-refractivity contribution in [1.82, 2.24) is 4.90 Å². The molecule has 0 saturated carbocycles. The molecule has 1 atom stereocenters. The Labute approximate surface area is 214 Å². The largest absolute Gasteiger partial charge is 0.493 e. The van der Waals surface area contributed by atoms with E-state index < -0.39 is 5.60 Å². The lowest BCUT2D eigenvalue weighted by atomic mass is 9.86. The SMILES string of the molecule is CN(C(=O)C1CC=C(c2ccc(OCC3CCN(C(=O)OC(C)(C)C)CC3)cc2)CC1)c1ccco1. The van der Waals surface area contributed by atoms with E-state index in [4.69, 9.17) is 13.9 Å². The van der Waals surface area contributed by atoms with Gasteiger partial charge in [0.25, 0.3) is 0 Å². The van der Waals surface area contributed by atoms with E-state index >= 15 is 0 Å². The van der Waals surface area contributed by atoms with Crippen molar-refractivity contribution >= 4 is 23.5 Å². The molecule has 4 rings (SSSR count). The number of rotatable bonds is 6. The zero-order valence-corrected chi connectivity index (χ0v) is 21.9. The van der Waals surface area contributed by atoms with Crippen LogP contribution >= 0.6 is 0 Å². The predicted octanol–water partition coefficient (Wildman–Crippen LogP) is 6.15. The Bertz CT molecular complexity index is 1040. The van der Waals surface area contributed by atoms with E-state index in [-0.39, 0.29) is 17.9 Å². The highest BCUT2D eigenvalue weighted by Gasteiger charge is 2.28. The van der Waals surface area contributed by atoms with Crippen LogP contribution in [0.4, 0.5) is 10.7 Å². The van der Waals surface area contributed by atoms with Crippen LogP contribution in [0, 0.1) is 11.8 Å². The Hall–Kier alpha value is -3.22. The summed E-state index contributed by atoms with van der Waals surface area (Å²) >= 11 is 0. The summed E-state index contributed by atoms with van der Waals surface area (Å²) in [7, 11) is 1.77. The summed E-state index contributed by atoms with van der Waals surface area (Å²) in [5.74, 6) is 1.95. The maximum absolute atomic E-state index is 12.8. The summed E-state index contributed by atoms with van der Waals surface area (Å²) in [6, 6.07) is 11.8. The molecule has 1 saturated heterocycles. The van der Waals surface area contributed by atoms with Gasteiger partial charge in [-0.15, -0.1) is 0 Å². The molecule has 1 unspecified atom stereocenters. The number of furan rings is 1. The van der Waals surface area contributed by atoms with E-state index in [9.17, 15) is 9.59 Å². The maximum Gasteiger partial charge on any atom is 0.410 e. The molecule has 1 aliphatic heterocycles. The van der Waals surface area contributed by atoms with Crippen molar-refractivity contribution in [2.45, 2.75) is 58.5 Å². The smallest absolute Gasteiger partial charge is 0.410 e. The first kappa shape index (κ1) is 25.9. The highest BCUT2D eigenvalue weighted by Crippen LogP contribution is 2.33. The van der Waals surface area contributed by atoms with Crippen molar-refractivity contribution in [3.63, 3.8) is 0 Å². The molecular formula is C29H38N2O5. The summed E-state index contributed by atoms with van der Waals surface area (Å²) in [6.45, 7) is 7.73. The first-order valence-corrected chi connectivity index (χ1v) is 12.9. The molecule has 0 N–H and O–H groups in total. The Morgan fingerprint density at radius 1 is 1.08 bits per heavy atom. The van der Waals surface area contributed by atoms with E-state index in [1.807, 2.05) is 32.9 Å². The minimum Gasteiger partial charge on any atom is -0.493 e. The number of hydrogen-bond acceptors (Lipinski definition) is 5. The lowest BCUT2D eigenvalue weighted by molar-refractivity contribution is -0.122. The number of piperidine rings is 1. The van der Waals surface area contributed by atoms with Gasteiger partial charge in [0, 0.05) is 32.1 Å². The Morgan fingerprint density at radius 3 is 2.39 bits per heavy atom. The molecule has 0 radical (unpaired) electrons. The van der Waals surface area contributed by atoms with Gasteiger partial charge in [0.15, 0.2) is 0 Å². The van der Waals surface area contributed by atoms with Gasteiger partial charge in [0.05, 0.1) is 12.9 Å². The molecule has 1 aliphatic carbocycles. The summed E-state index contributed by atoms with van der Waals surface area (Å²) in [5, 5.41) is 0. The van der Waals surface area contributed by atoms with E-state index in [0.29, 0.717) is 31.5 Å². The number of hydrogen-bond donors (Lipinski definition) is 0. The van der Waals surface area contributed by atoms with Crippen molar-refractivity contribution in [2.75, 3.05) is 31.6 Å². The fourth-order valence-electron chi connectivity index (χ4n) is 4.75. The van der Waals surface area contributed by atoms with Crippen LogP contribution in [0.2, 0.25) is 0 Å². The number of ether oxygens (including phenoxy) is 2. The molecule has 1 aromatic heterocycles. The van der Waals surface area contributed by atoms with E-state index in [0.717, 1.165) is 37.9 Å². The van der Waals surface area contributed by atoms with Gasteiger partial charge < -0.3 is 18.8 Å². The van der Waals surface area contributed by atoms with Crippen molar-refractivity contribution < 1.29 is 23.5 Å². The van der Waals surface area contributed by atoms with Crippen molar-refractivity contribution in [1.29, 1.82) is 0 Å². The third-order valence-electron chi connectivity index (χ3n) is 6.90. The van der Waals surface area contributed by atoms with Crippen LogP contribution in [0.15, 0.2) is 53.2 Å². The van der Waals surface area contributed by atoms with Gasteiger partial charge in [0.1, 0.15) is 11.4 Å². The number of carbonyl (C=O) groups is 2. The minimum atomic E-state index is -0.465. The second-order valence-electron chi connectivity index (χ2n) is 10.8. The van der Waals surface area contributed by atoms with Gasteiger partial charge in [-0.05, 0) is 88.1 Å². The van der Waals surface area contributed by atoms with Crippen LogP contribution < -0.4 is 9.64 Å². The molecule has 0 bridgehead atoms. The number of amides is 2. The minimum absolute atomic E-state index is 0.0202. The summed E-state index contributed by atoms with van der Waals surface area (Å²) in [6.07, 6.45) is 7.82. The summed E-state index contributed by atoms with van der Waals surface area (Å²) in [5.41, 5.74) is 1.99. The van der Waals surface area contributed by atoms with Gasteiger partial charge >= 0.3 is 6.09 Å². The number of anilines is 1.